The molecule has 0 heterocycles. The Hall–Kier alpha value is -2.93. The Kier molecular flexibility index (Phi) is 12.4. The number of aliphatic hydroxyl groups excluding tert-OH is 1. The van der Waals surface area contributed by atoms with Crippen LogP contribution in [0.25, 0.3) is 0 Å². The molecule has 0 unspecified atom stereocenters. The maximum Gasteiger partial charge on any atom is 0.309 e. The fraction of sp³-hybridized carbons (Fsp3) is 0.552. The van der Waals surface area contributed by atoms with Crippen LogP contribution in [0.4, 0.5) is 0 Å². The summed E-state index contributed by atoms with van der Waals surface area (Å²) in [6.07, 6.45) is 9.12. The number of nitrogens with one attached hydrogen (secondary N) is 2. The van der Waals surface area contributed by atoms with Crippen LogP contribution in [0.5, 0.6) is 0 Å². The van der Waals surface area contributed by atoms with Gasteiger partial charge in [-0.05, 0) is 51.0 Å². The van der Waals surface area contributed by atoms with Crippen molar-refractivity contribution in [3.63, 3.8) is 0 Å². The number of hydrogen-bond donors (Lipinski definition) is 3. The number of amides is 2. The molecule has 1 aliphatic carbocycles. The quantitative estimate of drug-likeness (QED) is 0.237. The van der Waals surface area contributed by atoms with Crippen molar-refractivity contribution >= 4 is 17.8 Å². The van der Waals surface area contributed by atoms with Gasteiger partial charge in [0, 0.05) is 6.42 Å². The van der Waals surface area contributed by atoms with E-state index in [1.165, 1.54) is 0 Å². The maximum atomic E-state index is 12.9. The minimum absolute atomic E-state index is 0.00676. The first-order chi connectivity index (χ1) is 17.3. The zero-order valence-electron chi connectivity index (χ0n) is 21.5. The molecule has 1 fully saturated rings. The minimum Gasteiger partial charge on any atom is -0.463 e. The zero-order valence-corrected chi connectivity index (χ0v) is 21.5. The van der Waals surface area contributed by atoms with E-state index in [9.17, 15) is 19.5 Å². The maximum absolute atomic E-state index is 12.9. The number of carbonyl (C=O) groups is 3. The van der Waals surface area contributed by atoms with Crippen molar-refractivity contribution in [1.29, 1.82) is 0 Å². The van der Waals surface area contributed by atoms with E-state index in [-0.39, 0.29) is 43.3 Å². The smallest absolute Gasteiger partial charge is 0.309 e. The number of aliphatic hydroxyl groups is 1. The Morgan fingerprint density at radius 1 is 1.11 bits per heavy atom. The molecule has 0 aromatic heterocycles. The molecule has 1 aliphatic rings. The van der Waals surface area contributed by atoms with Gasteiger partial charge in [0.25, 0.3) is 0 Å². The van der Waals surface area contributed by atoms with Crippen LogP contribution in [-0.4, -0.2) is 47.7 Å². The van der Waals surface area contributed by atoms with Gasteiger partial charge >= 0.3 is 5.97 Å². The minimum atomic E-state index is -0.587. The number of hydrogen-bond acceptors (Lipinski definition) is 5. The van der Waals surface area contributed by atoms with Crippen molar-refractivity contribution in [2.45, 2.75) is 76.3 Å². The third-order valence-electron chi connectivity index (χ3n) is 6.76. The van der Waals surface area contributed by atoms with Gasteiger partial charge in [0.15, 0.2) is 0 Å². The van der Waals surface area contributed by atoms with Crippen molar-refractivity contribution in [2.24, 2.45) is 11.8 Å². The second-order valence-electron chi connectivity index (χ2n) is 9.91. The fourth-order valence-electron chi connectivity index (χ4n) is 4.68. The predicted octanol–water partition coefficient (Wildman–Crippen LogP) is 3.86. The highest BCUT2D eigenvalue weighted by Crippen LogP contribution is 2.29. The number of rotatable bonds is 16. The average Bonchev–Trinajstić information content (AvgIpc) is 3.34. The molecule has 1 aromatic carbocycles. The molecule has 7 nitrogen and oxygen atoms in total. The first kappa shape index (κ1) is 29.3. The van der Waals surface area contributed by atoms with Gasteiger partial charge in [-0.1, -0.05) is 55.3 Å². The lowest BCUT2D eigenvalue weighted by molar-refractivity contribution is -0.150. The molecule has 3 N–H and O–H groups in total. The zero-order chi connectivity index (χ0) is 26.4. The van der Waals surface area contributed by atoms with E-state index in [1.807, 2.05) is 30.3 Å². The lowest BCUT2D eigenvalue weighted by Gasteiger charge is -2.29. The van der Waals surface area contributed by atoms with E-state index in [1.54, 1.807) is 19.1 Å². The highest BCUT2D eigenvalue weighted by molar-refractivity contribution is 5.86. The third kappa shape index (κ3) is 9.61. The summed E-state index contributed by atoms with van der Waals surface area (Å²) in [5.41, 5.74) is 0.492. The monoisotopic (exact) mass is 498 g/mol. The lowest BCUT2D eigenvalue weighted by Crippen LogP contribution is -2.50. The second-order valence-corrected chi connectivity index (χ2v) is 9.91. The van der Waals surface area contributed by atoms with E-state index >= 15 is 0 Å². The van der Waals surface area contributed by atoms with Gasteiger partial charge in [-0.2, -0.15) is 0 Å². The number of ether oxygens (including phenoxy) is 1. The van der Waals surface area contributed by atoms with Gasteiger partial charge in [0.2, 0.25) is 11.8 Å². The van der Waals surface area contributed by atoms with E-state index in [2.05, 4.69) is 23.8 Å². The normalized spacial score (nSPS) is 16.8. The van der Waals surface area contributed by atoms with Gasteiger partial charge in [0.05, 0.1) is 30.0 Å². The van der Waals surface area contributed by atoms with Crippen molar-refractivity contribution in [1.82, 2.24) is 10.6 Å². The molecule has 0 radical (unpaired) electrons. The summed E-state index contributed by atoms with van der Waals surface area (Å²) >= 11 is 0. The van der Waals surface area contributed by atoms with Gasteiger partial charge < -0.3 is 20.5 Å². The summed E-state index contributed by atoms with van der Waals surface area (Å²) in [5, 5.41) is 15.6. The Morgan fingerprint density at radius 3 is 2.42 bits per heavy atom. The Labute approximate surface area is 215 Å². The molecule has 198 valence electrons. The van der Waals surface area contributed by atoms with Crippen molar-refractivity contribution in [2.75, 3.05) is 13.2 Å². The molecule has 0 saturated heterocycles. The predicted molar refractivity (Wildman–Crippen MR) is 141 cm³/mol. The molecule has 3 atom stereocenters. The SMILES string of the molecule is C=CCC[C@H](Cc1ccccc1)C(=O)OC[C@H](C)NC(=O)[C@@H](CC=C)CC(=O)NC1(CO)CCCC1. The molecule has 7 heteroatoms. The third-order valence-corrected chi connectivity index (χ3v) is 6.76. The average molecular weight is 499 g/mol. The van der Waals surface area contributed by atoms with Crippen LogP contribution in [0.2, 0.25) is 0 Å². The first-order valence-corrected chi connectivity index (χ1v) is 13.0. The van der Waals surface area contributed by atoms with E-state index in [0.717, 1.165) is 31.2 Å². The highest BCUT2D eigenvalue weighted by atomic mass is 16.5. The summed E-state index contributed by atoms with van der Waals surface area (Å²) in [7, 11) is 0. The van der Waals surface area contributed by atoms with Crippen LogP contribution >= 0.6 is 0 Å². The van der Waals surface area contributed by atoms with Crippen LogP contribution in [0.1, 0.15) is 63.9 Å². The van der Waals surface area contributed by atoms with Gasteiger partial charge in [-0.25, -0.2) is 0 Å². The summed E-state index contributed by atoms with van der Waals surface area (Å²) in [4.78, 5) is 38.3. The fourth-order valence-corrected chi connectivity index (χ4v) is 4.68. The van der Waals surface area contributed by atoms with Gasteiger partial charge in [0.1, 0.15) is 6.61 Å². The highest BCUT2D eigenvalue weighted by Gasteiger charge is 2.35. The molecular formula is C29H42N2O5. The van der Waals surface area contributed by atoms with Crippen molar-refractivity contribution in [3.05, 3.63) is 61.2 Å². The number of benzene rings is 1. The first-order valence-electron chi connectivity index (χ1n) is 13.0. The lowest BCUT2D eigenvalue weighted by atomic mass is 9.95. The molecule has 2 rings (SSSR count). The van der Waals surface area contributed by atoms with Gasteiger partial charge in [-0.15, -0.1) is 13.2 Å². The summed E-state index contributed by atoms with van der Waals surface area (Å²) in [5.74, 6) is -1.71. The van der Waals surface area contributed by atoms with Crippen LogP contribution in [0, 0.1) is 11.8 Å². The Morgan fingerprint density at radius 2 is 1.81 bits per heavy atom. The van der Waals surface area contributed by atoms with Crippen molar-refractivity contribution < 1.29 is 24.2 Å². The van der Waals surface area contributed by atoms with E-state index < -0.39 is 17.5 Å². The molecular weight excluding hydrogens is 456 g/mol. The number of allylic oxidation sites excluding steroid dienone is 2. The van der Waals surface area contributed by atoms with E-state index in [0.29, 0.717) is 25.7 Å². The Balaban J connectivity index is 1.87. The Bertz CT molecular complexity index is 864. The van der Waals surface area contributed by atoms with Crippen LogP contribution in [-0.2, 0) is 25.5 Å². The summed E-state index contributed by atoms with van der Waals surface area (Å²) < 4.78 is 5.56. The molecule has 0 spiro atoms. The number of carbonyl (C=O) groups excluding carboxylic acids is 3. The molecule has 36 heavy (non-hydrogen) atoms. The molecule has 2 amide bonds. The summed E-state index contributed by atoms with van der Waals surface area (Å²) in [6, 6.07) is 9.39. The van der Waals surface area contributed by atoms with Crippen LogP contribution in [0.15, 0.2) is 55.6 Å². The number of esters is 1. The largest absolute Gasteiger partial charge is 0.463 e. The second kappa shape index (κ2) is 15.2. The van der Waals surface area contributed by atoms with Crippen LogP contribution < -0.4 is 10.6 Å². The van der Waals surface area contributed by atoms with Gasteiger partial charge in [-0.3, -0.25) is 14.4 Å². The van der Waals surface area contributed by atoms with Crippen LogP contribution in [0.3, 0.4) is 0 Å². The summed E-state index contributed by atoms with van der Waals surface area (Å²) in [6.45, 7) is 9.18. The molecule has 1 saturated carbocycles. The topological polar surface area (TPSA) is 105 Å². The van der Waals surface area contributed by atoms with Crippen molar-refractivity contribution in [3.8, 4) is 0 Å². The molecule has 0 bridgehead atoms. The standard InChI is InChI=1S/C29H42N2O5/c1-4-6-15-25(18-23-13-8-7-9-14-23)28(35)36-20-22(3)30-27(34)24(12-5-2)19-26(33)31-29(21-32)16-10-11-17-29/h4-5,7-9,13-14,22,24-25,32H,1-2,6,10-12,15-21H2,3H3,(H,30,34)(H,31,33)/t22-,24-,25+/m0/s1. The van der Waals surface area contributed by atoms with E-state index in [4.69, 9.17) is 4.74 Å². The molecule has 1 aromatic rings. The molecule has 0 aliphatic heterocycles.